The number of hydrogen-bond acceptors (Lipinski definition) is 3. The van der Waals surface area contributed by atoms with E-state index in [1.807, 2.05) is 20.9 Å². The van der Waals surface area contributed by atoms with Crippen molar-refractivity contribution in [2.75, 3.05) is 27.2 Å². The van der Waals surface area contributed by atoms with E-state index in [1.165, 1.54) is 7.11 Å². The molecule has 1 aliphatic heterocycles. The second-order valence-electron chi connectivity index (χ2n) is 4.80. The molecule has 0 N–H and O–H groups in total. The fraction of sp³-hybridized carbons (Fsp3) is 0.833. The fourth-order valence-electron chi connectivity index (χ4n) is 2.02. The molecule has 1 rings (SSSR count). The summed E-state index contributed by atoms with van der Waals surface area (Å²) in [6, 6.07) is 0.191. The van der Waals surface area contributed by atoms with E-state index >= 15 is 0 Å². The van der Waals surface area contributed by atoms with Crippen molar-refractivity contribution in [2.24, 2.45) is 5.92 Å². The molecule has 0 saturated carbocycles. The van der Waals surface area contributed by atoms with Gasteiger partial charge in [0.15, 0.2) is 0 Å². The van der Waals surface area contributed by atoms with Crippen LogP contribution in [0.2, 0.25) is 0 Å². The van der Waals surface area contributed by atoms with Crippen LogP contribution in [0.3, 0.4) is 0 Å². The summed E-state index contributed by atoms with van der Waals surface area (Å²) in [5.41, 5.74) is 0. The zero-order valence-electron chi connectivity index (χ0n) is 11.1. The first kappa shape index (κ1) is 13.8. The number of nitrogens with zero attached hydrogens (tertiary/aromatic N) is 2. The summed E-state index contributed by atoms with van der Waals surface area (Å²) in [6.45, 7) is 5.13. The third-order valence-electron chi connectivity index (χ3n) is 3.33. The average molecular weight is 242 g/mol. The predicted molar refractivity (Wildman–Crippen MR) is 64.6 cm³/mol. The Morgan fingerprint density at radius 1 is 1.41 bits per heavy atom. The highest BCUT2D eigenvalue weighted by Gasteiger charge is 2.31. The van der Waals surface area contributed by atoms with E-state index in [2.05, 4.69) is 4.74 Å². The first-order valence-electron chi connectivity index (χ1n) is 6.07. The van der Waals surface area contributed by atoms with Crippen molar-refractivity contribution >= 4 is 12.0 Å². The van der Waals surface area contributed by atoms with Crippen LogP contribution in [0.4, 0.5) is 4.79 Å². The van der Waals surface area contributed by atoms with Crippen LogP contribution in [0.15, 0.2) is 0 Å². The lowest BCUT2D eigenvalue weighted by Gasteiger charge is -2.34. The van der Waals surface area contributed by atoms with E-state index in [9.17, 15) is 9.59 Å². The first-order chi connectivity index (χ1) is 7.97. The van der Waals surface area contributed by atoms with Gasteiger partial charge in [-0.15, -0.1) is 0 Å². The van der Waals surface area contributed by atoms with Crippen LogP contribution < -0.4 is 0 Å². The number of rotatable bonds is 2. The van der Waals surface area contributed by atoms with Crippen molar-refractivity contribution in [3.05, 3.63) is 0 Å². The second-order valence-corrected chi connectivity index (χ2v) is 4.80. The van der Waals surface area contributed by atoms with Gasteiger partial charge in [0.2, 0.25) is 5.91 Å². The summed E-state index contributed by atoms with van der Waals surface area (Å²) < 4.78 is 4.69. The quantitative estimate of drug-likeness (QED) is 0.734. The second kappa shape index (κ2) is 5.89. The number of carbonyl (C=O) groups is 2. The van der Waals surface area contributed by atoms with Crippen molar-refractivity contribution in [1.82, 2.24) is 9.80 Å². The van der Waals surface area contributed by atoms with Gasteiger partial charge < -0.3 is 14.5 Å². The van der Waals surface area contributed by atoms with Gasteiger partial charge in [-0.05, 0) is 26.7 Å². The van der Waals surface area contributed by atoms with E-state index in [1.54, 1.807) is 9.80 Å². The van der Waals surface area contributed by atoms with Gasteiger partial charge in [-0.3, -0.25) is 4.79 Å². The van der Waals surface area contributed by atoms with Crippen LogP contribution in [-0.2, 0) is 9.53 Å². The van der Waals surface area contributed by atoms with Gasteiger partial charge >= 0.3 is 6.09 Å². The molecule has 1 heterocycles. The first-order valence-corrected chi connectivity index (χ1v) is 6.07. The zero-order chi connectivity index (χ0) is 13.0. The summed E-state index contributed by atoms with van der Waals surface area (Å²) in [5, 5.41) is 0. The minimum atomic E-state index is -0.338. The SMILES string of the molecule is COC(=O)N1CCCC(C(=O)N(C)C(C)C)C1. The minimum Gasteiger partial charge on any atom is -0.453 e. The highest BCUT2D eigenvalue weighted by molar-refractivity contribution is 5.80. The maximum atomic E-state index is 12.1. The number of likely N-dealkylation sites (tertiary alicyclic amines) is 1. The Labute approximate surface area is 103 Å². The van der Waals surface area contributed by atoms with Gasteiger partial charge in [-0.2, -0.15) is 0 Å². The van der Waals surface area contributed by atoms with E-state index in [0.717, 1.165) is 12.8 Å². The predicted octanol–water partition coefficient (Wildman–Crippen LogP) is 1.33. The molecule has 2 amide bonds. The maximum Gasteiger partial charge on any atom is 0.409 e. The molecule has 0 bridgehead atoms. The Morgan fingerprint density at radius 3 is 2.59 bits per heavy atom. The molecule has 1 saturated heterocycles. The molecule has 1 unspecified atom stereocenters. The highest BCUT2D eigenvalue weighted by atomic mass is 16.5. The van der Waals surface area contributed by atoms with Crippen LogP contribution in [0, 0.1) is 5.92 Å². The Morgan fingerprint density at radius 2 is 2.06 bits per heavy atom. The molecule has 0 aromatic rings. The van der Waals surface area contributed by atoms with Crippen LogP contribution in [0.1, 0.15) is 26.7 Å². The molecule has 98 valence electrons. The topological polar surface area (TPSA) is 49.9 Å². The van der Waals surface area contributed by atoms with Gasteiger partial charge in [0.05, 0.1) is 13.0 Å². The lowest BCUT2D eigenvalue weighted by molar-refractivity contribution is -0.137. The summed E-state index contributed by atoms with van der Waals surface area (Å²) in [6.07, 6.45) is 1.37. The molecule has 0 aromatic heterocycles. The molecule has 0 aromatic carbocycles. The van der Waals surface area contributed by atoms with Crippen molar-refractivity contribution in [3.8, 4) is 0 Å². The standard InChI is InChI=1S/C12H22N2O3/c1-9(2)13(3)11(15)10-6-5-7-14(8-10)12(16)17-4/h9-10H,5-8H2,1-4H3. The van der Waals surface area contributed by atoms with Crippen molar-refractivity contribution in [2.45, 2.75) is 32.7 Å². The molecule has 0 aliphatic carbocycles. The van der Waals surface area contributed by atoms with Gasteiger partial charge in [0.1, 0.15) is 0 Å². The van der Waals surface area contributed by atoms with Crippen molar-refractivity contribution in [3.63, 3.8) is 0 Å². The summed E-state index contributed by atoms with van der Waals surface area (Å²) in [4.78, 5) is 26.9. The van der Waals surface area contributed by atoms with Crippen molar-refractivity contribution in [1.29, 1.82) is 0 Å². The molecular formula is C12H22N2O3. The lowest BCUT2D eigenvalue weighted by Crippen LogP contribution is -2.47. The molecular weight excluding hydrogens is 220 g/mol. The van der Waals surface area contributed by atoms with Gasteiger partial charge in [0, 0.05) is 26.2 Å². The van der Waals surface area contributed by atoms with Crippen LogP contribution in [-0.4, -0.2) is 55.1 Å². The normalized spacial score (nSPS) is 20.3. The van der Waals surface area contributed by atoms with Crippen molar-refractivity contribution < 1.29 is 14.3 Å². The Hall–Kier alpha value is -1.26. The van der Waals surface area contributed by atoms with Gasteiger partial charge in [0.25, 0.3) is 0 Å². The Balaban J connectivity index is 2.60. The zero-order valence-corrected chi connectivity index (χ0v) is 11.1. The summed E-state index contributed by atoms with van der Waals surface area (Å²) >= 11 is 0. The molecule has 1 aliphatic rings. The largest absolute Gasteiger partial charge is 0.453 e. The number of piperidine rings is 1. The summed E-state index contributed by atoms with van der Waals surface area (Å²) in [7, 11) is 3.18. The van der Waals surface area contributed by atoms with Gasteiger partial charge in [-0.1, -0.05) is 0 Å². The minimum absolute atomic E-state index is 0.0877. The molecule has 0 spiro atoms. The third-order valence-corrected chi connectivity index (χ3v) is 3.33. The number of ether oxygens (including phenoxy) is 1. The monoisotopic (exact) mass is 242 g/mol. The van der Waals surface area contributed by atoms with E-state index < -0.39 is 0 Å². The molecule has 1 atom stereocenters. The third kappa shape index (κ3) is 3.35. The fourth-order valence-corrected chi connectivity index (χ4v) is 2.02. The van der Waals surface area contributed by atoms with Crippen LogP contribution >= 0.6 is 0 Å². The van der Waals surface area contributed by atoms with Crippen LogP contribution in [0.25, 0.3) is 0 Å². The molecule has 5 nitrogen and oxygen atoms in total. The van der Waals surface area contributed by atoms with Crippen LogP contribution in [0.5, 0.6) is 0 Å². The Bertz CT molecular complexity index is 291. The van der Waals surface area contributed by atoms with E-state index in [-0.39, 0.29) is 24.0 Å². The smallest absolute Gasteiger partial charge is 0.409 e. The summed E-state index contributed by atoms with van der Waals surface area (Å²) in [5.74, 6) is 0.0313. The lowest BCUT2D eigenvalue weighted by atomic mass is 9.96. The number of amides is 2. The molecule has 17 heavy (non-hydrogen) atoms. The number of hydrogen-bond donors (Lipinski definition) is 0. The van der Waals surface area contributed by atoms with Gasteiger partial charge in [-0.25, -0.2) is 4.79 Å². The average Bonchev–Trinajstić information content (AvgIpc) is 2.36. The van der Waals surface area contributed by atoms with E-state index in [0.29, 0.717) is 13.1 Å². The Kier molecular flexibility index (Phi) is 4.78. The highest BCUT2D eigenvalue weighted by Crippen LogP contribution is 2.19. The number of methoxy groups -OCH3 is 1. The maximum absolute atomic E-state index is 12.1. The number of carbonyl (C=O) groups excluding carboxylic acids is 2. The molecule has 0 radical (unpaired) electrons. The molecule has 5 heteroatoms. The van der Waals surface area contributed by atoms with E-state index in [4.69, 9.17) is 0 Å². The molecule has 1 fully saturated rings.